The Morgan fingerprint density at radius 2 is 1.53 bits per heavy atom. The Bertz CT molecular complexity index is 1060. The largest absolute Gasteiger partial charge is 0.548 e. The number of ether oxygens (including phenoxy) is 3. The number of halogens is 1. The van der Waals surface area contributed by atoms with Gasteiger partial charge in [-0.1, -0.05) is 41.9 Å². The summed E-state index contributed by atoms with van der Waals surface area (Å²) in [6.45, 7) is 3.26. The van der Waals surface area contributed by atoms with Gasteiger partial charge in [0.15, 0.2) is 11.5 Å². The summed E-state index contributed by atoms with van der Waals surface area (Å²) in [5.41, 5.74) is 0.574. The molecule has 0 heterocycles. The minimum Gasteiger partial charge on any atom is -0.548 e. The molecular weight excluding hydrogens is 508 g/mol. The van der Waals surface area contributed by atoms with E-state index in [9.17, 15) is 19.5 Å². The SMILES string of the molecule is COc1cc(C(=O)N/C(=C\c2ccc(Br)cc2)C(=O)N[C@@H](C(=O)[O-])C(C)C)cc(OC)c1OC. The maximum atomic E-state index is 13.1. The van der Waals surface area contributed by atoms with Crippen LogP contribution < -0.4 is 30.0 Å². The Morgan fingerprint density at radius 3 is 1.97 bits per heavy atom. The number of carbonyl (C=O) groups is 3. The van der Waals surface area contributed by atoms with Crippen LogP contribution in [0.4, 0.5) is 0 Å². The van der Waals surface area contributed by atoms with Crippen LogP contribution in [-0.2, 0) is 9.59 Å². The summed E-state index contributed by atoms with van der Waals surface area (Å²) in [7, 11) is 4.26. The molecule has 0 saturated heterocycles. The van der Waals surface area contributed by atoms with E-state index in [1.165, 1.54) is 39.5 Å². The predicted molar refractivity (Wildman–Crippen MR) is 127 cm³/mol. The number of amides is 2. The third-order valence-electron chi connectivity index (χ3n) is 4.81. The van der Waals surface area contributed by atoms with E-state index in [0.717, 1.165) is 4.47 Å². The lowest BCUT2D eigenvalue weighted by atomic mass is 10.0. The lowest BCUT2D eigenvalue weighted by Gasteiger charge is -2.24. The quantitative estimate of drug-likeness (QED) is 0.448. The molecule has 0 radical (unpaired) electrons. The molecule has 0 saturated carbocycles. The number of carboxylic acids is 1. The molecule has 0 spiro atoms. The Hall–Kier alpha value is -3.53. The van der Waals surface area contributed by atoms with Gasteiger partial charge in [0.1, 0.15) is 5.70 Å². The Labute approximate surface area is 206 Å². The standard InChI is InChI=1S/C24H27BrN2O7/c1-13(2)20(24(30)31)27-23(29)17(10-14-6-8-16(25)9-7-14)26-22(28)15-11-18(32-3)21(34-5)19(12-15)33-4/h6-13,20H,1-5H3,(H,26,28)(H,27,29)(H,30,31)/p-1/b17-10-/t20-/m1/s1. The zero-order valence-corrected chi connectivity index (χ0v) is 21.0. The second kappa shape index (κ2) is 12.1. The van der Waals surface area contributed by atoms with Crippen LogP contribution >= 0.6 is 15.9 Å². The van der Waals surface area contributed by atoms with E-state index in [-0.39, 0.29) is 22.8 Å². The van der Waals surface area contributed by atoms with Crippen molar-refractivity contribution in [3.63, 3.8) is 0 Å². The summed E-state index contributed by atoms with van der Waals surface area (Å²) in [6.07, 6.45) is 1.43. The average Bonchev–Trinajstić information content (AvgIpc) is 2.81. The first-order valence-corrected chi connectivity index (χ1v) is 11.0. The van der Waals surface area contributed by atoms with Crippen molar-refractivity contribution < 1.29 is 33.7 Å². The highest BCUT2D eigenvalue weighted by atomic mass is 79.9. The van der Waals surface area contributed by atoms with Gasteiger partial charge < -0.3 is 34.7 Å². The highest BCUT2D eigenvalue weighted by Crippen LogP contribution is 2.38. The van der Waals surface area contributed by atoms with Crippen molar-refractivity contribution in [3.05, 3.63) is 57.7 Å². The maximum Gasteiger partial charge on any atom is 0.268 e. The van der Waals surface area contributed by atoms with Crippen LogP contribution in [0.15, 0.2) is 46.6 Å². The van der Waals surface area contributed by atoms with Crippen LogP contribution in [0.5, 0.6) is 17.2 Å². The fourth-order valence-corrected chi connectivity index (χ4v) is 3.27. The molecule has 0 fully saturated rings. The number of benzene rings is 2. The fraction of sp³-hybridized carbons (Fsp3) is 0.292. The first kappa shape index (κ1) is 26.7. The summed E-state index contributed by atoms with van der Waals surface area (Å²) in [5.74, 6) is -2.48. The van der Waals surface area contributed by atoms with E-state index in [4.69, 9.17) is 14.2 Å². The third-order valence-corrected chi connectivity index (χ3v) is 5.34. The van der Waals surface area contributed by atoms with Crippen molar-refractivity contribution >= 4 is 39.8 Å². The van der Waals surface area contributed by atoms with Crippen LogP contribution in [0.2, 0.25) is 0 Å². The maximum absolute atomic E-state index is 13.1. The molecule has 0 bridgehead atoms. The molecule has 1 atom stereocenters. The zero-order valence-electron chi connectivity index (χ0n) is 19.4. The molecule has 0 unspecified atom stereocenters. The smallest absolute Gasteiger partial charge is 0.268 e. The van der Waals surface area contributed by atoms with E-state index >= 15 is 0 Å². The molecule has 2 rings (SSSR count). The summed E-state index contributed by atoms with van der Waals surface area (Å²) < 4.78 is 16.7. The molecule has 0 aliphatic heterocycles. The van der Waals surface area contributed by atoms with Crippen LogP contribution in [0, 0.1) is 5.92 Å². The number of aliphatic carboxylic acids is 1. The number of carboxylic acid groups (broad SMARTS) is 1. The molecule has 9 nitrogen and oxygen atoms in total. The first-order chi connectivity index (χ1) is 16.1. The van der Waals surface area contributed by atoms with E-state index < -0.39 is 29.7 Å². The molecule has 2 N–H and O–H groups in total. The molecule has 0 aliphatic rings. The van der Waals surface area contributed by atoms with Gasteiger partial charge in [-0.25, -0.2) is 0 Å². The van der Waals surface area contributed by atoms with Gasteiger partial charge in [-0.2, -0.15) is 0 Å². The minimum atomic E-state index is -1.43. The van der Waals surface area contributed by atoms with Gasteiger partial charge in [0.2, 0.25) is 5.75 Å². The van der Waals surface area contributed by atoms with Crippen LogP contribution in [0.3, 0.4) is 0 Å². The molecule has 0 aliphatic carbocycles. The molecule has 10 heteroatoms. The molecule has 2 aromatic rings. The molecule has 34 heavy (non-hydrogen) atoms. The Kier molecular flexibility index (Phi) is 9.49. The van der Waals surface area contributed by atoms with Crippen LogP contribution in [0.25, 0.3) is 6.08 Å². The third kappa shape index (κ3) is 6.74. The van der Waals surface area contributed by atoms with Gasteiger partial charge in [0, 0.05) is 10.0 Å². The number of hydrogen-bond acceptors (Lipinski definition) is 7. The average molecular weight is 534 g/mol. The van der Waals surface area contributed by atoms with Crippen molar-refractivity contribution in [2.45, 2.75) is 19.9 Å². The van der Waals surface area contributed by atoms with E-state index in [0.29, 0.717) is 11.3 Å². The van der Waals surface area contributed by atoms with Crippen molar-refractivity contribution in [2.75, 3.05) is 21.3 Å². The number of hydrogen-bond donors (Lipinski definition) is 2. The van der Waals surface area contributed by atoms with Gasteiger partial charge in [0.25, 0.3) is 11.8 Å². The van der Waals surface area contributed by atoms with Gasteiger partial charge >= 0.3 is 0 Å². The van der Waals surface area contributed by atoms with E-state index in [2.05, 4.69) is 26.6 Å². The molecule has 2 amide bonds. The summed E-state index contributed by atoms with van der Waals surface area (Å²) in [5, 5.41) is 16.4. The normalized spacial score (nSPS) is 12.0. The number of carbonyl (C=O) groups excluding carboxylic acids is 3. The van der Waals surface area contributed by atoms with Crippen molar-refractivity contribution in [1.29, 1.82) is 0 Å². The number of rotatable bonds is 10. The monoisotopic (exact) mass is 533 g/mol. The summed E-state index contributed by atoms with van der Waals surface area (Å²) in [4.78, 5) is 37.5. The van der Waals surface area contributed by atoms with Gasteiger partial charge in [0.05, 0.1) is 33.3 Å². The molecular formula is C24H26BrN2O7-. The van der Waals surface area contributed by atoms with Crippen molar-refractivity contribution in [2.24, 2.45) is 5.92 Å². The zero-order chi connectivity index (χ0) is 25.4. The van der Waals surface area contributed by atoms with Crippen molar-refractivity contribution in [1.82, 2.24) is 10.6 Å². The Balaban J connectivity index is 2.45. The topological polar surface area (TPSA) is 126 Å². The number of methoxy groups -OCH3 is 3. The summed E-state index contributed by atoms with van der Waals surface area (Å²) >= 11 is 3.34. The van der Waals surface area contributed by atoms with Gasteiger partial charge in [-0.05, 0) is 41.8 Å². The highest BCUT2D eigenvalue weighted by molar-refractivity contribution is 9.10. The highest BCUT2D eigenvalue weighted by Gasteiger charge is 2.23. The molecule has 0 aromatic heterocycles. The lowest BCUT2D eigenvalue weighted by molar-refractivity contribution is -0.309. The second-order valence-corrected chi connectivity index (χ2v) is 8.41. The molecule has 182 valence electrons. The van der Waals surface area contributed by atoms with E-state index in [1.807, 2.05) is 0 Å². The second-order valence-electron chi connectivity index (χ2n) is 7.49. The van der Waals surface area contributed by atoms with Gasteiger partial charge in [-0.15, -0.1) is 0 Å². The van der Waals surface area contributed by atoms with E-state index in [1.54, 1.807) is 38.1 Å². The number of nitrogens with one attached hydrogen (secondary N) is 2. The molecule has 2 aromatic carbocycles. The minimum absolute atomic E-state index is 0.129. The predicted octanol–water partition coefficient (Wildman–Crippen LogP) is 2.14. The first-order valence-electron chi connectivity index (χ1n) is 10.2. The van der Waals surface area contributed by atoms with Crippen LogP contribution in [0.1, 0.15) is 29.8 Å². The van der Waals surface area contributed by atoms with Crippen LogP contribution in [-0.4, -0.2) is 45.2 Å². The summed E-state index contributed by atoms with van der Waals surface area (Å²) in [6, 6.07) is 8.59. The fourth-order valence-electron chi connectivity index (χ4n) is 3.01. The Morgan fingerprint density at radius 1 is 0.971 bits per heavy atom. The van der Waals surface area contributed by atoms with Crippen molar-refractivity contribution in [3.8, 4) is 17.2 Å². The van der Waals surface area contributed by atoms with Gasteiger partial charge in [-0.3, -0.25) is 9.59 Å². The lowest BCUT2D eigenvalue weighted by Crippen LogP contribution is -2.52.